The van der Waals surface area contributed by atoms with Crippen LogP contribution in [0.4, 0.5) is 10.5 Å². The van der Waals surface area contributed by atoms with Crippen LogP contribution >= 0.6 is 11.8 Å². The Bertz CT molecular complexity index is 1250. The Morgan fingerprint density at radius 3 is 2.42 bits per heavy atom. The van der Waals surface area contributed by atoms with Crippen LogP contribution in [0.3, 0.4) is 0 Å². The van der Waals surface area contributed by atoms with Gasteiger partial charge in [-0.15, -0.1) is 11.8 Å². The number of urea groups is 1. The number of ether oxygens (including phenoxy) is 4. The van der Waals surface area contributed by atoms with E-state index in [-0.39, 0.29) is 32.0 Å². The molecular weight excluding hydrogens is 532 g/mol. The SMILES string of the molecule is CCOC(=O)CNC(=O)Nc1ccc(C2OC(CSc3ccccc3OC)CC(c3ccc(CO)cc3)O2)cc1. The molecule has 2 amide bonds. The number of benzene rings is 3. The molecule has 1 saturated heterocycles. The molecule has 3 N–H and O–H groups in total. The molecule has 9 nitrogen and oxygen atoms in total. The van der Waals surface area contributed by atoms with Crippen LogP contribution in [-0.2, 0) is 25.6 Å². The predicted molar refractivity (Wildman–Crippen MR) is 152 cm³/mol. The first kappa shape index (κ1) is 29.4. The number of carbonyl (C=O) groups excluding carboxylic acids is 2. The molecule has 1 fully saturated rings. The van der Waals surface area contributed by atoms with Gasteiger partial charge in [0.25, 0.3) is 0 Å². The number of esters is 1. The van der Waals surface area contributed by atoms with Gasteiger partial charge in [-0.05, 0) is 42.3 Å². The van der Waals surface area contributed by atoms with E-state index in [4.69, 9.17) is 18.9 Å². The molecule has 1 heterocycles. The molecule has 3 aromatic carbocycles. The van der Waals surface area contributed by atoms with Crippen LogP contribution in [0, 0.1) is 0 Å². The fourth-order valence-electron chi connectivity index (χ4n) is 4.21. The Kier molecular flexibility index (Phi) is 10.8. The molecule has 1 aliphatic rings. The number of nitrogens with one attached hydrogen (secondary N) is 2. The summed E-state index contributed by atoms with van der Waals surface area (Å²) in [7, 11) is 1.66. The highest BCUT2D eigenvalue weighted by atomic mass is 32.2. The summed E-state index contributed by atoms with van der Waals surface area (Å²) in [6, 6.07) is 22.3. The van der Waals surface area contributed by atoms with Crippen LogP contribution in [0.1, 0.15) is 42.4 Å². The fourth-order valence-corrected chi connectivity index (χ4v) is 5.26. The van der Waals surface area contributed by atoms with Crippen LogP contribution in [0.2, 0.25) is 0 Å². The molecule has 0 saturated carbocycles. The van der Waals surface area contributed by atoms with Crippen molar-refractivity contribution in [3.05, 3.63) is 89.5 Å². The molecule has 0 aliphatic carbocycles. The van der Waals surface area contributed by atoms with Gasteiger partial charge < -0.3 is 34.7 Å². The molecule has 0 aromatic heterocycles. The third-order valence-corrected chi connectivity index (χ3v) is 7.43. The number of aliphatic hydroxyl groups excluding tert-OH is 1. The van der Waals surface area contributed by atoms with E-state index >= 15 is 0 Å². The molecule has 0 spiro atoms. The number of methoxy groups -OCH3 is 1. The lowest BCUT2D eigenvalue weighted by Crippen LogP contribution is -2.34. The number of thioether (sulfide) groups is 1. The molecule has 1 aliphatic heterocycles. The molecule has 10 heteroatoms. The van der Waals surface area contributed by atoms with E-state index in [1.165, 1.54) is 0 Å². The molecule has 4 rings (SSSR count). The van der Waals surface area contributed by atoms with Crippen molar-refractivity contribution < 1.29 is 33.6 Å². The summed E-state index contributed by atoms with van der Waals surface area (Å²) in [6.07, 6.45) is -0.271. The minimum Gasteiger partial charge on any atom is -0.496 e. The normalized spacial score (nSPS) is 18.5. The Hall–Kier alpha value is -3.57. The third-order valence-electron chi connectivity index (χ3n) is 6.25. The summed E-state index contributed by atoms with van der Waals surface area (Å²) in [4.78, 5) is 24.6. The maximum Gasteiger partial charge on any atom is 0.325 e. The number of hydrogen-bond acceptors (Lipinski definition) is 8. The minimum absolute atomic E-state index is 0.0169. The van der Waals surface area contributed by atoms with E-state index in [0.717, 1.165) is 27.3 Å². The molecule has 3 unspecified atom stereocenters. The first-order chi connectivity index (χ1) is 19.5. The molecule has 3 aromatic rings. The topological polar surface area (TPSA) is 115 Å². The number of carbonyl (C=O) groups is 2. The highest BCUT2D eigenvalue weighted by molar-refractivity contribution is 7.99. The lowest BCUT2D eigenvalue weighted by Gasteiger charge is -2.36. The first-order valence-electron chi connectivity index (χ1n) is 13.1. The largest absolute Gasteiger partial charge is 0.496 e. The highest BCUT2D eigenvalue weighted by Gasteiger charge is 2.32. The summed E-state index contributed by atoms with van der Waals surface area (Å²) in [5.74, 6) is 1.02. The fraction of sp³-hybridized carbons (Fsp3) is 0.333. The third kappa shape index (κ3) is 8.22. The zero-order chi connectivity index (χ0) is 28.3. The van der Waals surface area contributed by atoms with Gasteiger partial charge >= 0.3 is 12.0 Å². The van der Waals surface area contributed by atoms with Crippen LogP contribution in [0.5, 0.6) is 5.75 Å². The Balaban J connectivity index is 1.45. The van der Waals surface area contributed by atoms with Crippen molar-refractivity contribution in [1.82, 2.24) is 5.32 Å². The van der Waals surface area contributed by atoms with E-state index in [9.17, 15) is 14.7 Å². The van der Waals surface area contributed by atoms with E-state index < -0.39 is 18.3 Å². The Labute approximate surface area is 238 Å². The zero-order valence-electron chi connectivity index (χ0n) is 22.5. The lowest BCUT2D eigenvalue weighted by molar-refractivity contribution is -0.245. The second kappa shape index (κ2) is 14.7. The van der Waals surface area contributed by atoms with Crippen molar-refractivity contribution in [2.24, 2.45) is 0 Å². The Morgan fingerprint density at radius 1 is 1.00 bits per heavy atom. The lowest BCUT2D eigenvalue weighted by atomic mass is 10.0. The maximum atomic E-state index is 12.1. The number of rotatable bonds is 11. The zero-order valence-corrected chi connectivity index (χ0v) is 23.3. The van der Waals surface area contributed by atoms with Crippen molar-refractivity contribution >= 4 is 29.4 Å². The van der Waals surface area contributed by atoms with E-state index in [2.05, 4.69) is 10.6 Å². The van der Waals surface area contributed by atoms with Crippen molar-refractivity contribution in [2.45, 2.75) is 43.3 Å². The van der Waals surface area contributed by atoms with Gasteiger partial charge in [-0.2, -0.15) is 0 Å². The predicted octanol–water partition coefficient (Wildman–Crippen LogP) is 5.21. The average Bonchev–Trinajstić information content (AvgIpc) is 2.99. The van der Waals surface area contributed by atoms with Crippen molar-refractivity contribution in [1.29, 1.82) is 0 Å². The quantitative estimate of drug-likeness (QED) is 0.214. The molecule has 0 radical (unpaired) electrons. The van der Waals surface area contributed by atoms with Gasteiger partial charge in [-0.25, -0.2) is 4.79 Å². The van der Waals surface area contributed by atoms with Gasteiger partial charge in [0.1, 0.15) is 12.3 Å². The van der Waals surface area contributed by atoms with Crippen molar-refractivity contribution in [3.8, 4) is 5.75 Å². The second-order valence-corrected chi connectivity index (χ2v) is 10.1. The number of amides is 2. The highest BCUT2D eigenvalue weighted by Crippen LogP contribution is 2.40. The van der Waals surface area contributed by atoms with Crippen LogP contribution < -0.4 is 15.4 Å². The average molecular weight is 567 g/mol. The number of hydrogen-bond donors (Lipinski definition) is 3. The van der Waals surface area contributed by atoms with Gasteiger partial charge in [0.15, 0.2) is 6.29 Å². The number of para-hydroxylation sites is 1. The van der Waals surface area contributed by atoms with Crippen molar-refractivity contribution in [2.75, 3.05) is 31.3 Å². The smallest absolute Gasteiger partial charge is 0.325 e. The maximum absolute atomic E-state index is 12.1. The standard InChI is InChI=1S/C30H34N2O7S/c1-3-37-28(34)17-31-30(35)32-23-14-12-22(13-15-23)29-38-24(19-40-27-7-5-4-6-25(27)36-2)16-26(39-29)21-10-8-20(18-33)9-11-21/h4-15,24,26,29,33H,3,16-19H2,1-2H3,(H2,31,32,35). The second-order valence-electron chi connectivity index (χ2n) is 9.05. The van der Waals surface area contributed by atoms with Crippen LogP contribution in [0.25, 0.3) is 0 Å². The molecule has 40 heavy (non-hydrogen) atoms. The monoisotopic (exact) mass is 566 g/mol. The van der Waals surface area contributed by atoms with E-state index in [1.54, 1.807) is 37.9 Å². The first-order valence-corrected chi connectivity index (χ1v) is 14.0. The molecule has 212 valence electrons. The van der Waals surface area contributed by atoms with Gasteiger partial charge in [0.05, 0.1) is 32.5 Å². The number of anilines is 1. The summed E-state index contributed by atoms with van der Waals surface area (Å²) in [5.41, 5.74) is 3.21. The molecule has 3 atom stereocenters. The summed E-state index contributed by atoms with van der Waals surface area (Å²) < 4.78 is 23.1. The van der Waals surface area contributed by atoms with Crippen molar-refractivity contribution in [3.63, 3.8) is 0 Å². The van der Waals surface area contributed by atoms with E-state index in [1.807, 2.05) is 60.7 Å². The Morgan fingerprint density at radius 2 is 1.73 bits per heavy atom. The van der Waals surface area contributed by atoms with Gasteiger partial charge in [-0.3, -0.25) is 4.79 Å². The van der Waals surface area contributed by atoms with Crippen LogP contribution in [-0.4, -0.2) is 49.2 Å². The number of aliphatic hydroxyl groups is 1. The molecule has 0 bridgehead atoms. The van der Waals surface area contributed by atoms with Gasteiger partial charge in [0, 0.05) is 28.3 Å². The van der Waals surface area contributed by atoms with Crippen LogP contribution in [0.15, 0.2) is 77.7 Å². The summed E-state index contributed by atoms with van der Waals surface area (Å²) in [6.45, 7) is 1.73. The van der Waals surface area contributed by atoms with E-state index in [0.29, 0.717) is 17.9 Å². The minimum atomic E-state index is -0.619. The van der Waals surface area contributed by atoms with Gasteiger partial charge in [-0.1, -0.05) is 48.5 Å². The summed E-state index contributed by atoms with van der Waals surface area (Å²) >= 11 is 1.67. The molecular formula is C30H34N2O7S. The van der Waals surface area contributed by atoms with Gasteiger partial charge in [0.2, 0.25) is 0 Å². The summed E-state index contributed by atoms with van der Waals surface area (Å²) in [5, 5.41) is 14.6.